The third-order valence-electron chi connectivity index (χ3n) is 6.39. The first-order valence-electron chi connectivity index (χ1n) is 12.2. The summed E-state index contributed by atoms with van der Waals surface area (Å²) in [7, 11) is 0. The summed E-state index contributed by atoms with van der Waals surface area (Å²) in [6, 6.07) is 13.6. The highest BCUT2D eigenvalue weighted by molar-refractivity contribution is 5.77. The molecular formula is C26H36N4O3. The van der Waals surface area contributed by atoms with E-state index in [0.29, 0.717) is 18.3 Å². The highest BCUT2D eigenvalue weighted by atomic mass is 16.5. The Bertz CT molecular complexity index is 854. The Kier molecular flexibility index (Phi) is 8.41. The van der Waals surface area contributed by atoms with Crippen LogP contribution in [0.2, 0.25) is 0 Å². The Morgan fingerprint density at radius 3 is 2.45 bits per heavy atom. The van der Waals surface area contributed by atoms with Crippen LogP contribution in [-0.2, 0) is 4.79 Å². The molecule has 2 saturated heterocycles. The van der Waals surface area contributed by atoms with E-state index in [4.69, 9.17) is 9.47 Å². The summed E-state index contributed by atoms with van der Waals surface area (Å²) in [5.74, 6) is 3.20. The third-order valence-corrected chi connectivity index (χ3v) is 6.39. The van der Waals surface area contributed by atoms with Crippen molar-refractivity contribution in [2.75, 3.05) is 63.9 Å². The maximum absolute atomic E-state index is 12.8. The largest absolute Gasteiger partial charge is 0.494 e. The van der Waals surface area contributed by atoms with Gasteiger partial charge in [-0.1, -0.05) is 13.0 Å². The zero-order chi connectivity index (χ0) is 22.9. The van der Waals surface area contributed by atoms with Crippen LogP contribution in [0.5, 0.6) is 11.5 Å². The average Bonchev–Trinajstić information content (AvgIpc) is 2.88. The van der Waals surface area contributed by atoms with Gasteiger partial charge in [0.05, 0.1) is 6.61 Å². The normalized spacial score (nSPS) is 19.4. The van der Waals surface area contributed by atoms with E-state index >= 15 is 0 Å². The van der Waals surface area contributed by atoms with E-state index in [-0.39, 0.29) is 12.5 Å². The number of carbonyl (C=O) groups is 1. The molecule has 1 aromatic carbocycles. The molecule has 2 fully saturated rings. The summed E-state index contributed by atoms with van der Waals surface area (Å²) in [6.07, 6.45) is 5.08. The second-order valence-corrected chi connectivity index (χ2v) is 8.93. The fraction of sp³-hybridized carbons (Fsp3) is 0.538. The predicted octanol–water partition coefficient (Wildman–Crippen LogP) is 3.31. The molecule has 7 nitrogen and oxygen atoms in total. The maximum Gasteiger partial charge on any atom is 0.260 e. The number of ether oxygens (including phenoxy) is 2. The molecule has 7 heteroatoms. The molecule has 4 rings (SSSR count). The van der Waals surface area contributed by atoms with Crippen molar-refractivity contribution in [3.05, 3.63) is 48.7 Å². The lowest BCUT2D eigenvalue weighted by atomic mass is 9.97. The van der Waals surface area contributed by atoms with E-state index in [1.54, 1.807) is 0 Å². The molecule has 0 radical (unpaired) electrons. The molecule has 2 aliphatic rings. The van der Waals surface area contributed by atoms with E-state index in [1.165, 1.54) is 6.42 Å². The Balaban J connectivity index is 1.19. The standard InChI is InChI=1S/C26H36N4O3/c1-2-18-32-23-8-10-24(11-9-23)33-21-26(31)30-13-5-6-22(20-30)19-28-14-16-29(17-15-28)25-7-3-4-12-27-25/h3-4,7-12,22H,2,5-6,13-21H2,1H3. The molecule has 1 atom stereocenters. The smallest absolute Gasteiger partial charge is 0.260 e. The van der Waals surface area contributed by atoms with Crippen molar-refractivity contribution >= 4 is 11.7 Å². The number of nitrogens with zero attached hydrogens (tertiary/aromatic N) is 4. The van der Waals surface area contributed by atoms with Crippen LogP contribution in [0.4, 0.5) is 5.82 Å². The van der Waals surface area contributed by atoms with Crippen molar-refractivity contribution < 1.29 is 14.3 Å². The van der Waals surface area contributed by atoms with Crippen LogP contribution in [-0.4, -0.2) is 79.7 Å². The van der Waals surface area contributed by atoms with Gasteiger partial charge in [0.15, 0.2) is 6.61 Å². The Morgan fingerprint density at radius 2 is 1.76 bits per heavy atom. The molecular weight excluding hydrogens is 416 g/mol. The average molecular weight is 453 g/mol. The minimum atomic E-state index is 0.0750. The molecule has 1 unspecified atom stereocenters. The predicted molar refractivity (Wildman–Crippen MR) is 130 cm³/mol. The number of benzene rings is 1. The minimum Gasteiger partial charge on any atom is -0.494 e. The van der Waals surface area contributed by atoms with Crippen molar-refractivity contribution in [3.8, 4) is 11.5 Å². The van der Waals surface area contributed by atoms with Gasteiger partial charge in [-0.2, -0.15) is 0 Å². The third kappa shape index (κ3) is 6.84. The summed E-state index contributed by atoms with van der Waals surface area (Å²) in [5, 5.41) is 0. The van der Waals surface area contributed by atoms with Gasteiger partial charge in [0, 0.05) is 52.0 Å². The van der Waals surface area contributed by atoms with Crippen LogP contribution in [0.25, 0.3) is 0 Å². The summed E-state index contributed by atoms with van der Waals surface area (Å²) in [6.45, 7) is 9.68. The van der Waals surface area contributed by atoms with E-state index in [2.05, 4.69) is 27.8 Å². The van der Waals surface area contributed by atoms with E-state index in [0.717, 1.165) is 70.2 Å². The number of aromatic nitrogens is 1. The highest BCUT2D eigenvalue weighted by Crippen LogP contribution is 2.21. The first-order chi connectivity index (χ1) is 16.2. The summed E-state index contributed by atoms with van der Waals surface area (Å²) in [4.78, 5) is 24.1. The van der Waals surface area contributed by atoms with Crippen molar-refractivity contribution in [2.45, 2.75) is 26.2 Å². The number of piperazine rings is 1. The molecule has 33 heavy (non-hydrogen) atoms. The van der Waals surface area contributed by atoms with Gasteiger partial charge >= 0.3 is 0 Å². The number of amides is 1. The molecule has 2 aliphatic heterocycles. The molecule has 0 spiro atoms. The van der Waals surface area contributed by atoms with Crippen LogP contribution in [0.3, 0.4) is 0 Å². The van der Waals surface area contributed by atoms with Crippen molar-refractivity contribution in [3.63, 3.8) is 0 Å². The quantitative estimate of drug-likeness (QED) is 0.582. The molecule has 0 N–H and O–H groups in total. The van der Waals surface area contributed by atoms with Gasteiger partial charge < -0.3 is 19.3 Å². The van der Waals surface area contributed by atoms with E-state index in [9.17, 15) is 4.79 Å². The number of piperidine rings is 1. The van der Waals surface area contributed by atoms with E-state index < -0.39 is 0 Å². The highest BCUT2D eigenvalue weighted by Gasteiger charge is 2.27. The SMILES string of the molecule is CCCOc1ccc(OCC(=O)N2CCCC(CN3CCN(c4ccccn4)CC3)C2)cc1. The second-order valence-electron chi connectivity index (χ2n) is 8.93. The van der Waals surface area contributed by atoms with Gasteiger partial charge in [0.2, 0.25) is 0 Å². The van der Waals surface area contributed by atoms with Crippen LogP contribution in [0, 0.1) is 5.92 Å². The minimum absolute atomic E-state index is 0.0750. The van der Waals surface area contributed by atoms with Gasteiger partial charge in [-0.15, -0.1) is 0 Å². The maximum atomic E-state index is 12.8. The summed E-state index contributed by atoms with van der Waals surface area (Å²) < 4.78 is 11.3. The van der Waals surface area contributed by atoms with Crippen molar-refractivity contribution in [1.29, 1.82) is 0 Å². The monoisotopic (exact) mass is 452 g/mol. The van der Waals surface area contributed by atoms with Gasteiger partial charge in [0.1, 0.15) is 17.3 Å². The molecule has 0 saturated carbocycles. The number of carbonyl (C=O) groups excluding carboxylic acids is 1. The van der Waals surface area contributed by atoms with Gasteiger partial charge in [-0.3, -0.25) is 9.69 Å². The molecule has 3 heterocycles. The topological polar surface area (TPSA) is 58.1 Å². The zero-order valence-corrected chi connectivity index (χ0v) is 19.7. The van der Waals surface area contributed by atoms with Crippen LogP contribution in [0.1, 0.15) is 26.2 Å². The van der Waals surface area contributed by atoms with Gasteiger partial charge in [-0.05, 0) is 61.6 Å². The Labute approximate surface area is 197 Å². The van der Waals surface area contributed by atoms with Gasteiger partial charge in [-0.25, -0.2) is 4.98 Å². The first kappa shape index (κ1) is 23.4. The van der Waals surface area contributed by atoms with Crippen LogP contribution < -0.4 is 14.4 Å². The van der Waals surface area contributed by atoms with Crippen molar-refractivity contribution in [1.82, 2.24) is 14.8 Å². The molecule has 0 bridgehead atoms. The number of pyridine rings is 1. The second kappa shape index (κ2) is 11.9. The van der Waals surface area contributed by atoms with Crippen molar-refractivity contribution in [2.24, 2.45) is 5.92 Å². The lowest BCUT2D eigenvalue weighted by molar-refractivity contribution is -0.135. The summed E-state index contributed by atoms with van der Waals surface area (Å²) >= 11 is 0. The van der Waals surface area contributed by atoms with Crippen LogP contribution in [0.15, 0.2) is 48.7 Å². The van der Waals surface area contributed by atoms with E-state index in [1.807, 2.05) is 47.5 Å². The first-order valence-corrected chi connectivity index (χ1v) is 12.2. The van der Waals surface area contributed by atoms with Crippen LogP contribution >= 0.6 is 0 Å². The number of hydrogen-bond donors (Lipinski definition) is 0. The lowest BCUT2D eigenvalue weighted by Crippen LogP contribution is -2.50. The number of likely N-dealkylation sites (tertiary alicyclic amines) is 1. The zero-order valence-electron chi connectivity index (χ0n) is 19.7. The number of anilines is 1. The lowest BCUT2D eigenvalue weighted by Gasteiger charge is -2.39. The number of hydrogen-bond acceptors (Lipinski definition) is 6. The van der Waals surface area contributed by atoms with Gasteiger partial charge in [0.25, 0.3) is 5.91 Å². The molecule has 1 aromatic heterocycles. The molecule has 0 aliphatic carbocycles. The Morgan fingerprint density at radius 1 is 1.00 bits per heavy atom. The molecule has 2 aromatic rings. The fourth-order valence-electron chi connectivity index (χ4n) is 4.59. The Hall–Kier alpha value is -2.80. The number of rotatable bonds is 9. The fourth-order valence-corrected chi connectivity index (χ4v) is 4.59. The summed E-state index contributed by atoms with van der Waals surface area (Å²) in [5.41, 5.74) is 0. The molecule has 178 valence electrons. The molecule has 1 amide bonds.